The van der Waals surface area contributed by atoms with Crippen LogP contribution < -0.4 is 16.0 Å². The number of aryl methyl sites for hydroxylation is 1. The molecule has 0 fully saturated rings. The van der Waals surface area contributed by atoms with Crippen molar-refractivity contribution in [1.82, 2.24) is 15.2 Å². The van der Waals surface area contributed by atoms with E-state index in [0.717, 1.165) is 10.4 Å². The summed E-state index contributed by atoms with van der Waals surface area (Å²) in [4.78, 5) is 23.2. The highest BCUT2D eigenvalue weighted by Gasteiger charge is 2.10. The molecular weight excluding hydrogens is 244 g/mol. The predicted molar refractivity (Wildman–Crippen MR) is 71.8 cm³/mol. The molecule has 0 atom stereocenters. The van der Waals surface area contributed by atoms with Crippen molar-refractivity contribution in [2.24, 2.45) is 7.05 Å². The van der Waals surface area contributed by atoms with Gasteiger partial charge in [0.2, 0.25) is 0 Å². The van der Waals surface area contributed by atoms with Gasteiger partial charge in [0, 0.05) is 20.2 Å². The predicted octanol–water partition coefficient (Wildman–Crippen LogP) is 0.561. The SMILES string of the molecule is CN(NC(=O)c1ccc(=O)n(C)n1)c1ccccc1. The lowest BCUT2D eigenvalue weighted by atomic mass is 10.3. The highest BCUT2D eigenvalue weighted by atomic mass is 16.2. The lowest BCUT2D eigenvalue weighted by Gasteiger charge is -2.19. The Bertz CT molecular complexity index is 637. The van der Waals surface area contributed by atoms with Crippen molar-refractivity contribution in [1.29, 1.82) is 0 Å². The van der Waals surface area contributed by atoms with Crippen LogP contribution in [-0.2, 0) is 7.05 Å². The molecule has 0 aliphatic carbocycles. The number of nitrogens with zero attached hydrogens (tertiary/aromatic N) is 3. The van der Waals surface area contributed by atoms with E-state index in [1.807, 2.05) is 30.3 Å². The van der Waals surface area contributed by atoms with Crippen molar-refractivity contribution in [2.75, 3.05) is 12.1 Å². The number of hydrazine groups is 1. The number of hydrogen-bond donors (Lipinski definition) is 1. The zero-order chi connectivity index (χ0) is 13.8. The molecule has 1 aromatic heterocycles. The Morgan fingerprint density at radius 3 is 2.53 bits per heavy atom. The number of carbonyl (C=O) groups is 1. The summed E-state index contributed by atoms with van der Waals surface area (Å²) in [7, 11) is 3.23. The third-order valence-electron chi connectivity index (χ3n) is 2.61. The van der Waals surface area contributed by atoms with Crippen molar-refractivity contribution in [2.45, 2.75) is 0 Å². The summed E-state index contributed by atoms with van der Waals surface area (Å²) in [6.45, 7) is 0. The molecule has 0 unspecified atom stereocenters. The largest absolute Gasteiger partial charge is 0.290 e. The van der Waals surface area contributed by atoms with E-state index in [1.54, 1.807) is 12.1 Å². The van der Waals surface area contributed by atoms with Crippen molar-refractivity contribution in [3.05, 3.63) is 58.5 Å². The van der Waals surface area contributed by atoms with Crippen molar-refractivity contribution < 1.29 is 4.79 Å². The van der Waals surface area contributed by atoms with Crippen LogP contribution in [-0.4, -0.2) is 22.7 Å². The van der Waals surface area contributed by atoms with Crippen molar-refractivity contribution in [3.8, 4) is 0 Å². The zero-order valence-corrected chi connectivity index (χ0v) is 10.7. The number of para-hydroxylation sites is 1. The molecule has 0 aliphatic heterocycles. The summed E-state index contributed by atoms with van der Waals surface area (Å²) < 4.78 is 1.12. The fourth-order valence-electron chi connectivity index (χ4n) is 1.55. The summed E-state index contributed by atoms with van der Waals surface area (Å²) in [6, 6.07) is 12.1. The molecule has 0 aliphatic rings. The summed E-state index contributed by atoms with van der Waals surface area (Å²) in [5.74, 6) is -0.373. The van der Waals surface area contributed by atoms with Crippen LogP contribution in [0.5, 0.6) is 0 Å². The summed E-state index contributed by atoms with van der Waals surface area (Å²) in [5.41, 5.74) is 3.45. The Kier molecular flexibility index (Phi) is 3.61. The fraction of sp³-hybridized carbons (Fsp3) is 0.154. The summed E-state index contributed by atoms with van der Waals surface area (Å²) >= 11 is 0. The topological polar surface area (TPSA) is 67.2 Å². The number of nitrogens with one attached hydrogen (secondary N) is 1. The maximum absolute atomic E-state index is 12.0. The highest BCUT2D eigenvalue weighted by Crippen LogP contribution is 2.08. The van der Waals surface area contributed by atoms with Gasteiger partial charge in [-0.05, 0) is 18.2 Å². The van der Waals surface area contributed by atoms with Gasteiger partial charge in [0.05, 0.1) is 5.69 Å². The fourth-order valence-corrected chi connectivity index (χ4v) is 1.55. The van der Waals surface area contributed by atoms with Gasteiger partial charge in [-0.3, -0.25) is 20.0 Å². The minimum Gasteiger partial charge on any atom is -0.288 e. The Morgan fingerprint density at radius 1 is 1.21 bits per heavy atom. The minimum atomic E-state index is -0.373. The van der Waals surface area contributed by atoms with Crippen LogP contribution in [0, 0.1) is 0 Å². The van der Waals surface area contributed by atoms with Crippen LogP contribution in [0.1, 0.15) is 10.5 Å². The van der Waals surface area contributed by atoms with Gasteiger partial charge in [-0.15, -0.1) is 0 Å². The van der Waals surface area contributed by atoms with Crippen LogP contribution in [0.15, 0.2) is 47.3 Å². The number of rotatable bonds is 3. The third kappa shape index (κ3) is 2.98. The van der Waals surface area contributed by atoms with Gasteiger partial charge in [-0.1, -0.05) is 18.2 Å². The van der Waals surface area contributed by atoms with E-state index < -0.39 is 0 Å². The second-order valence-electron chi connectivity index (χ2n) is 4.02. The maximum Gasteiger partial charge on any atom is 0.290 e. The molecule has 1 N–H and O–H groups in total. The molecule has 19 heavy (non-hydrogen) atoms. The molecule has 6 nitrogen and oxygen atoms in total. The van der Waals surface area contributed by atoms with Crippen LogP contribution in [0.2, 0.25) is 0 Å². The third-order valence-corrected chi connectivity index (χ3v) is 2.61. The molecule has 98 valence electrons. The molecule has 0 saturated carbocycles. The Morgan fingerprint density at radius 2 is 1.89 bits per heavy atom. The highest BCUT2D eigenvalue weighted by molar-refractivity contribution is 5.92. The van der Waals surface area contributed by atoms with Crippen LogP contribution in [0.3, 0.4) is 0 Å². The Labute approximate surface area is 110 Å². The molecule has 0 bridgehead atoms. The molecule has 0 saturated heterocycles. The van der Waals surface area contributed by atoms with Gasteiger partial charge in [0.15, 0.2) is 5.69 Å². The van der Waals surface area contributed by atoms with Crippen molar-refractivity contribution in [3.63, 3.8) is 0 Å². The Balaban J connectivity index is 2.13. The van der Waals surface area contributed by atoms with E-state index in [1.165, 1.54) is 19.2 Å². The number of benzene rings is 1. The van der Waals surface area contributed by atoms with E-state index in [4.69, 9.17) is 0 Å². The lowest BCUT2D eigenvalue weighted by Crippen LogP contribution is -2.40. The molecular formula is C13H14N4O2. The van der Waals surface area contributed by atoms with E-state index in [2.05, 4.69) is 10.5 Å². The lowest BCUT2D eigenvalue weighted by molar-refractivity contribution is 0.0944. The smallest absolute Gasteiger partial charge is 0.288 e. The second-order valence-corrected chi connectivity index (χ2v) is 4.02. The van der Waals surface area contributed by atoms with Gasteiger partial charge < -0.3 is 0 Å². The number of carbonyl (C=O) groups excluding carboxylic acids is 1. The first kappa shape index (κ1) is 12.8. The quantitative estimate of drug-likeness (QED) is 0.817. The molecule has 0 spiro atoms. The van der Waals surface area contributed by atoms with E-state index in [-0.39, 0.29) is 17.2 Å². The number of aromatic nitrogens is 2. The molecule has 1 aromatic carbocycles. The standard InChI is InChI=1S/C13H14N4O2/c1-16(10-6-4-3-5-7-10)15-13(19)11-8-9-12(18)17(2)14-11/h3-9H,1-2H3,(H,15,19). The molecule has 2 aromatic rings. The first-order valence-corrected chi connectivity index (χ1v) is 5.72. The molecule has 1 amide bonds. The number of anilines is 1. The summed E-state index contributed by atoms with van der Waals surface area (Å²) in [6.07, 6.45) is 0. The van der Waals surface area contributed by atoms with E-state index in [0.29, 0.717) is 0 Å². The molecule has 1 heterocycles. The second kappa shape index (κ2) is 5.34. The van der Waals surface area contributed by atoms with Crippen LogP contribution in [0.25, 0.3) is 0 Å². The number of hydrogen-bond acceptors (Lipinski definition) is 4. The summed E-state index contributed by atoms with van der Waals surface area (Å²) in [5, 5.41) is 5.48. The van der Waals surface area contributed by atoms with Crippen molar-refractivity contribution >= 4 is 11.6 Å². The Hall–Kier alpha value is -2.63. The van der Waals surface area contributed by atoms with Gasteiger partial charge in [-0.25, -0.2) is 4.68 Å². The average Bonchev–Trinajstić information content (AvgIpc) is 2.42. The first-order valence-electron chi connectivity index (χ1n) is 5.72. The average molecular weight is 258 g/mol. The maximum atomic E-state index is 12.0. The van der Waals surface area contributed by atoms with Gasteiger partial charge in [0.1, 0.15) is 0 Å². The molecule has 2 rings (SSSR count). The zero-order valence-electron chi connectivity index (χ0n) is 10.7. The van der Waals surface area contributed by atoms with E-state index >= 15 is 0 Å². The van der Waals surface area contributed by atoms with Crippen LogP contribution >= 0.6 is 0 Å². The molecule has 6 heteroatoms. The number of amides is 1. The minimum absolute atomic E-state index is 0.185. The van der Waals surface area contributed by atoms with Gasteiger partial charge in [-0.2, -0.15) is 5.10 Å². The normalized spacial score (nSPS) is 10.0. The van der Waals surface area contributed by atoms with E-state index in [9.17, 15) is 9.59 Å². The van der Waals surface area contributed by atoms with Crippen LogP contribution in [0.4, 0.5) is 5.69 Å². The monoisotopic (exact) mass is 258 g/mol. The van der Waals surface area contributed by atoms with Gasteiger partial charge in [0.25, 0.3) is 11.5 Å². The first-order chi connectivity index (χ1) is 9.08. The molecule has 0 radical (unpaired) electrons. The van der Waals surface area contributed by atoms with Gasteiger partial charge >= 0.3 is 0 Å².